The molecule has 0 spiro atoms. The van der Waals surface area contributed by atoms with Crippen molar-refractivity contribution in [3.63, 3.8) is 0 Å². The monoisotopic (exact) mass is 322 g/mol. The van der Waals surface area contributed by atoms with Crippen LogP contribution in [0.15, 0.2) is 24.3 Å². The summed E-state index contributed by atoms with van der Waals surface area (Å²) in [4.78, 5) is 28.3. The molecule has 2 amide bonds. The van der Waals surface area contributed by atoms with E-state index in [2.05, 4.69) is 0 Å². The maximum atomic E-state index is 12.6. The topological polar surface area (TPSA) is 49.9 Å². The Kier molecular flexibility index (Phi) is 5.71. The Morgan fingerprint density at radius 3 is 2.82 bits per heavy atom. The number of likely N-dealkylation sites (N-methyl/N-ethyl adjacent to an activating group) is 1. The second-order valence-electron chi connectivity index (χ2n) is 5.22. The number of hydrogen-bond donors (Lipinski definition) is 0. The lowest BCUT2D eigenvalue weighted by Crippen LogP contribution is -2.48. The summed E-state index contributed by atoms with van der Waals surface area (Å²) in [5, 5.41) is 0. The summed E-state index contributed by atoms with van der Waals surface area (Å²) in [5.41, 5.74) is 0.849. The number of methoxy groups -OCH3 is 1. The predicted octanol–water partition coefficient (Wildman–Crippen LogP) is 1.62. The number of benzene rings is 1. The highest BCUT2D eigenvalue weighted by Crippen LogP contribution is 2.25. The molecular formula is C16H22N2O3S. The molecule has 0 bridgehead atoms. The minimum absolute atomic E-state index is 0.0147. The summed E-state index contributed by atoms with van der Waals surface area (Å²) in [6.45, 7) is 2.58. The molecule has 0 radical (unpaired) electrons. The van der Waals surface area contributed by atoms with Crippen LogP contribution in [-0.2, 0) is 16.0 Å². The fourth-order valence-corrected chi connectivity index (χ4v) is 3.59. The molecule has 1 fully saturated rings. The molecule has 6 heteroatoms. The van der Waals surface area contributed by atoms with E-state index < -0.39 is 0 Å². The first-order chi connectivity index (χ1) is 10.6. The molecule has 22 heavy (non-hydrogen) atoms. The van der Waals surface area contributed by atoms with E-state index in [9.17, 15) is 9.59 Å². The number of amides is 2. The second-order valence-corrected chi connectivity index (χ2v) is 6.22. The molecule has 0 saturated carbocycles. The summed E-state index contributed by atoms with van der Waals surface area (Å²) >= 11 is 1.62. The highest BCUT2D eigenvalue weighted by Gasteiger charge is 2.35. The third kappa shape index (κ3) is 3.55. The lowest BCUT2D eigenvalue weighted by atomic mass is 10.1. The van der Waals surface area contributed by atoms with Gasteiger partial charge in [-0.25, -0.2) is 0 Å². The average Bonchev–Trinajstić information content (AvgIpc) is 3.03. The Hall–Kier alpha value is -1.69. The quantitative estimate of drug-likeness (QED) is 0.826. The molecule has 1 aromatic rings. The van der Waals surface area contributed by atoms with Crippen molar-refractivity contribution in [1.82, 2.24) is 9.80 Å². The fourth-order valence-electron chi connectivity index (χ4n) is 2.42. The van der Waals surface area contributed by atoms with Gasteiger partial charge in [-0.15, -0.1) is 11.8 Å². The molecule has 1 aliphatic heterocycles. The normalized spacial score (nSPS) is 17.4. The van der Waals surface area contributed by atoms with Crippen LogP contribution in [0.5, 0.6) is 5.75 Å². The third-order valence-electron chi connectivity index (χ3n) is 3.87. The van der Waals surface area contributed by atoms with Crippen LogP contribution < -0.4 is 4.74 Å². The maximum absolute atomic E-state index is 12.6. The van der Waals surface area contributed by atoms with Gasteiger partial charge in [0.2, 0.25) is 11.8 Å². The third-order valence-corrected chi connectivity index (χ3v) is 4.88. The fraction of sp³-hybridized carbons (Fsp3) is 0.500. The summed E-state index contributed by atoms with van der Waals surface area (Å²) in [7, 11) is 3.37. The standard InChI is InChI=1S/C16H22N2O3S/c1-4-17(2)16(20)13-10-22-11-18(13)15(19)9-12-7-5-6-8-14(12)21-3/h5-8,13H,4,9-11H2,1-3H3/t13-/m1/s1. The van der Waals surface area contributed by atoms with Gasteiger partial charge in [0.05, 0.1) is 19.4 Å². The van der Waals surface area contributed by atoms with E-state index in [-0.39, 0.29) is 24.3 Å². The van der Waals surface area contributed by atoms with Crippen molar-refractivity contribution in [2.75, 3.05) is 32.3 Å². The number of carbonyl (C=O) groups excluding carboxylic acids is 2. The van der Waals surface area contributed by atoms with Crippen LogP contribution in [0, 0.1) is 0 Å². The number of para-hydroxylation sites is 1. The van der Waals surface area contributed by atoms with Gasteiger partial charge in [0, 0.05) is 24.9 Å². The van der Waals surface area contributed by atoms with Gasteiger partial charge in [-0.3, -0.25) is 9.59 Å². The molecule has 1 heterocycles. The number of hydrogen-bond acceptors (Lipinski definition) is 4. The van der Waals surface area contributed by atoms with Gasteiger partial charge in [0.25, 0.3) is 0 Å². The lowest BCUT2D eigenvalue weighted by molar-refractivity contribution is -0.142. The summed E-state index contributed by atoms with van der Waals surface area (Å²) in [5.74, 6) is 1.93. The Morgan fingerprint density at radius 2 is 2.14 bits per heavy atom. The smallest absolute Gasteiger partial charge is 0.245 e. The van der Waals surface area contributed by atoms with Gasteiger partial charge in [-0.2, -0.15) is 0 Å². The zero-order valence-electron chi connectivity index (χ0n) is 13.2. The summed E-state index contributed by atoms with van der Waals surface area (Å²) < 4.78 is 5.29. The number of thioether (sulfide) groups is 1. The van der Waals surface area contributed by atoms with Crippen LogP contribution in [0.2, 0.25) is 0 Å². The maximum Gasteiger partial charge on any atom is 0.245 e. The van der Waals surface area contributed by atoms with E-state index in [0.717, 1.165) is 5.56 Å². The first kappa shape index (κ1) is 16.7. The van der Waals surface area contributed by atoms with Crippen molar-refractivity contribution in [1.29, 1.82) is 0 Å². The van der Waals surface area contributed by atoms with Gasteiger partial charge in [-0.1, -0.05) is 18.2 Å². The molecule has 120 valence electrons. The van der Waals surface area contributed by atoms with Crippen LogP contribution in [0.4, 0.5) is 0 Å². The Labute approximate surface area is 135 Å². The molecule has 1 aliphatic rings. The lowest BCUT2D eigenvalue weighted by Gasteiger charge is -2.27. The van der Waals surface area contributed by atoms with Crippen molar-refractivity contribution in [2.45, 2.75) is 19.4 Å². The van der Waals surface area contributed by atoms with Gasteiger partial charge >= 0.3 is 0 Å². The molecule has 2 rings (SSSR count). The predicted molar refractivity (Wildman–Crippen MR) is 88.0 cm³/mol. The highest BCUT2D eigenvalue weighted by molar-refractivity contribution is 7.99. The molecule has 1 atom stereocenters. The van der Waals surface area contributed by atoms with Crippen LogP contribution in [0.25, 0.3) is 0 Å². The number of rotatable bonds is 5. The van der Waals surface area contributed by atoms with E-state index >= 15 is 0 Å². The Morgan fingerprint density at radius 1 is 1.41 bits per heavy atom. The van der Waals surface area contributed by atoms with Crippen molar-refractivity contribution in [3.8, 4) is 5.75 Å². The molecule has 0 aliphatic carbocycles. The molecular weight excluding hydrogens is 300 g/mol. The zero-order valence-corrected chi connectivity index (χ0v) is 14.1. The van der Waals surface area contributed by atoms with E-state index in [1.54, 1.807) is 35.7 Å². The molecule has 0 N–H and O–H groups in total. The SMILES string of the molecule is CCN(C)C(=O)[C@H]1CSCN1C(=O)Cc1ccccc1OC. The molecule has 0 unspecified atom stereocenters. The minimum Gasteiger partial charge on any atom is -0.496 e. The largest absolute Gasteiger partial charge is 0.496 e. The Balaban J connectivity index is 2.09. The van der Waals surface area contributed by atoms with Gasteiger partial charge < -0.3 is 14.5 Å². The summed E-state index contributed by atoms with van der Waals surface area (Å²) in [6.07, 6.45) is 0.254. The van der Waals surface area contributed by atoms with Crippen LogP contribution in [0.3, 0.4) is 0 Å². The van der Waals surface area contributed by atoms with Crippen molar-refractivity contribution < 1.29 is 14.3 Å². The van der Waals surface area contributed by atoms with E-state index in [4.69, 9.17) is 4.74 Å². The van der Waals surface area contributed by atoms with Crippen LogP contribution in [0.1, 0.15) is 12.5 Å². The molecule has 0 aromatic heterocycles. The van der Waals surface area contributed by atoms with Crippen LogP contribution in [-0.4, -0.2) is 60.0 Å². The van der Waals surface area contributed by atoms with Crippen molar-refractivity contribution in [3.05, 3.63) is 29.8 Å². The van der Waals surface area contributed by atoms with Gasteiger partial charge in [0.1, 0.15) is 11.8 Å². The van der Waals surface area contributed by atoms with Crippen LogP contribution >= 0.6 is 11.8 Å². The van der Waals surface area contributed by atoms with Gasteiger partial charge in [-0.05, 0) is 13.0 Å². The molecule has 1 saturated heterocycles. The summed E-state index contributed by atoms with van der Waals surface area (Å²) in [6, 6.07) is 7.14. The Bertz CT molecular complexity index is 550. The molecule has 1 aromatic carbocycles. The van der Waals surface area contributed by atoms with E-state index in [1.165, 1.54) is 0 Å². The number of carbonyl (C=O) groups is 2. The van der Waals surface area contributed by atoms with E-state index in [1.807, 2.05) is 31.2 Å². The van der Waals surface area contributed by atoms with Crippen molar-refractivity contribution in [2.24, 2.45) is 0 Å². The van der Waals surface area contributed by atoms with Gasteiger partial charge in [0.15, 0.2) is 0 Å². The number of ether oxygens (including phenoxy) is 1. The molecule has 5 nitrogen and oxygen atoms in total. The first-order valence-electron chi connectivity index (χ1n) is 7.32. The van der Waals surface area contributed by atoms with Crippen molar-refractivity contribution >= 4 is 23.6 Å². The van der Waals surface area contributed by atoms with E-state index in [0.29, 0.717) is 23.9 Å². The average molecular weight is 322 g/mol. The second kappa shape index (κ2) is 7.54. The first-order valence-corrected chi connectivity index (χ1v) is 8.48. The highest BCUT2D eigenvalue weighted by atomic mass is 32.2. The minimum atomic E-state index is -0.350. The zero-order chi connectivity index (χ0) is 16.1. The number of nitrogens with zero attached hydrogens (tertiary/aromatic N) is 2.